The minimum absolute atomic E-state index is 0.288. The summed E-state index contributed by atoms with van der Waals surface area (Å²) in [5.74, 6) is 4.56. The monoisotopic (exact) mass is 158 g/mol. The molecule has 0 aliphatic carbocycles. The van der Waals surface area contributed by atoms with Crippen LogP contribution >= 0.6 is 11.8 Å². The van der Waals surface area contributed by atoms with Crippen molar-refractivity contribution in [3.63, 3.8) is 0 Å². The molecule has 0 saturated heterocycles. The maximum absolute atomic E-state index is 9.12. The second-order valence-corrected chi connectivity index (χ2v) is 3.44. The van der Waals surface area contributed by atoms with Crippen molar-refractivity contribution in [3.05, 3.63) is 0 Å². The lowest BCUT2D eigenvalue weighted by Gasteiger charge is -2.04. The van der Waals surface area contributed by atoms with Crippen LogP contribution < -0.4 is 0 Å². The summed E-state index contributed by atoms with van der Waals surface area (Å²) in [6.45, 7) is 2.11. The lowest BCUT2D eigenvalue weighted by atomic mass is 10.2. The van der Waals surface area contributed by atoms with Gasteiger partial charge in [-0.25, -0.2) is 0 Å². The summed E-state index contributed by atoms with van der Waals surface area (Å²) in [7, 11) is 0. The molecule has 0 aromatic carbocycles. The maximum Gasteiger partial charge on any atom is 0.0657 e. The van der Waals surface area contributed by atoms with Gasteiger partial charge in [-0.05, 0) is 17.9 Å². The van der Waals surface area contributed by atoms with Crippen LogP contribution in [0.4, 0.5) is 0 Å². The molecule has 0 bridgehead atoms. The summed E-state index contributed by atoms with van der Waals surface area (Å²) in [4.78, 5) is 0. The van der Waals surface area contributed by atoms with Crippen LogP contribution in [0.1, 0.15) is 19.8 Å². The highest BCUT2D eigenvalue weighted by atomic mass is 32.2. The summed E-state index contributed by atoms with van der Waals surface area (Å²) in [5.41, 5.74) is 0. The summed E-state index contributed by atoms with van der Waals surface area (Å²) in [6, 6.07) is 0. The molecule has 1 unspecified atom stereocenters. The van der Waals surface area contributed by atoms with Crippen LogP contribution in [0.5, 0.6) is 0 Å². The molecule has 1 N–H and O–H groups in total. The van der Waals surface area contributed by atoms with Crippen molar-refractivity contribution in [1.29, 1.82) is 0 Å². The standard InChI is InChI=1S/C8H14OS/c1-3-5-8(9)6-7-10-4-2/h1,8-9H,4-7H2,2H3. The SMILES string of the molecule is C#CCC(O)CCSCC. The Morgan fingerprint density at radius 2 is 2.40 bits per heavy atom. The molecule has 0 spiro atoms. The van der Waals surface area contributed by atoms with Crippen molar-refractivity contribution < 1.29 is 5.11 Å². The van der Waals surface area contributed by atoms with Gasteiger partial charge in [0.2, 0.25) is 0 Å². The molecule has 0 fully saturated rings. The number of thioether (sulfide) groups is 1. The van der Waals surface area contributed by atoms with Gasteiger partial charge in [0.05, 0.1) is 6.10 Å². The predicted molar refractivity (Wildman–Crippen MR) is 47.1 cm³/mol. The molecule has 0 aliphatic heterocycles. The molecule has 1 atom stereocenters. The molecule has 0 amide bonds. The van der Waals surface area contributed by atoms with Gasteiger partial charge in [-0.1, -0.05) is 6.92 Å². The van der Waals surface area contributed by atoms with E-state index in [9.17, 15) is 0 Å². The zero-order valence-corrected chi connectivity index (χ0v) is 7.16. The fourth-order valence-corrected chi connectivity index (χ4v) is 1.33. The normalized spacial score (nSPS) is 12.5. The van der Waals surface area contributed by atoms with E-state index in [1.54, 1.807) is 0 Å². The van der Waals surface area contributed by atoms with Gasteiger partial charge in [0.15, 0.2) is 0 Å². The van der Waals surface area contributed by atoms with E-state index in [0.29, 0.717) is 6.42 Å². The molecular weight excluding hydrogens is 144 g/mol. The quantitative estimate of drug-likeness (QED) is 0.483. The first kappa shape index (κ1) is 9.87. The van der Waals surface area contributed by atoms with Crippen LogP contribution in [0.2, 0.25) is 0 Å². The zero-order chi connectivity index (χ0) is 7.82. The van der Waals surface area contributed by atoms with Crippen molar-refractivity contribution >= 4 is 11.8 Å². The average molecular weight is 158 g/mol. The molecule has 0 aliphatic rings. The van der Waals surface area contributed by atoms with Crippen LogP contribution in [-0.4, -0.2) is 22.7 Å². The van der Waals surface area contributed by atoms with Gasteiger partial charge in [0.1, 0.15) is 0 Å². The third-order valence-electron chi connectivity index (χ3n) is 1.15. The maximum atomic E-state index is 9.12. The first-order chi connectivity index (χ1) is 4.81. The highest BCUT2D eigenvalue weighted by Crippen LogP contribution is 2.05. The molecule has 0 heterocycles. The molecule has 0 saturated carbocycles. The van der Waals surface area contributed by atoms with Gasteiger partial charge in [-0.2, -0.15) is 11.8 Å². The summed E-state index contributed by atoms with van der Waals surface area (Å²) >= 11 is 1.83. The van der Waals surface area contributed by atoms with Crippen molar-refractivity contribution in [2.45, 2.75) is 25.9 Å². The van der Waals surface area contributed by atoms with Crippen LogP contribution in [0.15, 0.2) is 0 Å². The summed E-state index contributed by atoms with van der Waals surface area (Å²) in [5, 5.41) is 9.12. The van der Waals surface area contributed by atoms with E-state index in [2.05, 4.69) is 12.8 Å². The largest absolute Gasteiger partial charge is 0.392 e. The van der Waals surface area contributed by atoms with E-state index in [4.69, 9.17) is 11.5 Å². The Hall–Kier alpha value is -0.130. The Morgan fingerprint density at radius 3 is 2.90 bits per heavy atom. The van der Waals surface area contributed by atoms with E-state index in [-0.39, 0.29) is 6.10 Å². The molecule has 0 radical (unpaired) electrons. The number of rotatable bonds is 5. The van der Waals surface area contributed by atoms with Gasteiger partial charge in [-0.3, -0.25) is 0 Å². The van der Waals surface area contributed by atoms with E-state index in [1.807, 2.05) is 11.8 Å². The van der Waals surface area contributed by atoms with Gasteiger partial charge in [0.25, 0.3) is 0 Å². The number of hydrogen-bond acceptors (Lipinski definition) is 2. The Labute approximate surface area is 67.2 Å². The number of aliphatic hydroxyl groups excluding tert-OH is 1. The molecule has 0 aromatic heterocycles. The minimum Gasteiger partial charge on any atom is -0.392 e. The van der Waals surface area contributed by atoms with E-state index < -0.39 is 0 Å². The van der Waals surface area contributed by atoms with Crippen LogP contribution in [0.3, 0.4) is 0 Å². The number of terminal acetylenes is 1. The van der Waals surface area contributed by atoms with Crippen molar-refractivity contribution in [2.24, 2.45) is 0 Å². The van der Waals surface area contributed by atoms with Crippen molar-refractivity contribution in [2.75, 3.05) is 11.5 Å². The number of aliphatic hydroxyl groups is 1. The van der Waals surface area contributed by atoms with Crippen molar-refractivity contribution in [1.82, 2.24) is 0 Å². The van der Waals surface area contributed by atoms with E-state index in [0.717, 1.165) is 17.9 Å². The van der Waals surface area contributed by atoms with Gasteiger partial charge < -0.3 is 5.11 Å². The fraction of sp³-hybridized carbons (Fsp3) is 0.750. The van der Waals surface area contributed by atoms with Gasteiger partial charge >= 0.3 is 0 Å². The summed E-state index contributed by atoms with van der Waals surface area (Å²) in [6.07, 6.45) is 6.04. The average Bonchev–Trinajstić information content (AvgIpc) is 1.89. The Bertz CT molecular complexity index is 106. The Morgan fingerprint density at radius 1 is 1.70 bits per heavy atom. The topological polar surface area (TPSA) is 20.2 Å². The summed E-state index contributed by atoms with van der Waals surface area (Å²) < 4.78 is 0. The van der Waals surface area contributed by atoms with Gasteiger partial charge in [-0.15, -0.1) is 12.3 Å². The highest BCUT2D eigenvalue weighted by molar-refractivity contribution is 7.99. The van der Waals surface area contributed by atoms with Crippen LogP contribution in [0.25, 0.3) is 0 Å². The van der Waals surface area contributed by atoms with Crippen LogP contribution in [-0.2, 0) is 0 Å². The Balaban J connectivity index is 3.06. The molecule has 10 heavy (non-hydrogen) atoms. The lowest BCUT2D eigenvalue weighted by Crippen LogP contribution is -2.05. The molecule has 0 aromatic rings. The molecular formula is C8H14OS. The first-order valence-electron chi connectivity index (χ1n) is 3.50. The van der Waals surface area contributed by atoms with Crippen molar-refractivity contribution in [3.8, 4) is 12.3 Å². The fourth-order valence-electron chi connectivity index (χ4n) is 0.602. The zero-order valence-electron chi connectivity index (χ0n) is 6.34. The molecule has 0 rings (SSSR count). The molecule has 2 heteroatoms. The third-order valence-corrected chi connectivity index (χ3v) is 2.09. The Kier molecular flexibility index (Phi) is 6.89. The lowest BCUT2D eigenvalue weighted by molar-refractivity contribution is 0.177. The second-order valence-electron chi connectivity index (χ2n) is 2.05. The highest BCUT2D eigenvalue weighted by Gasteiger charge is 1.99. The third kappa shape index (κ3) is 6.00. The van der Waals surface area contributed by atoms with E-state index in [1.165, 1.54) is 0 Å². The van der Waals surface area contributed by atoms with Crippen LogP contribution in [0, 0.1) is 12.3 Å². The smallest absolute Gasteiger partial charge is 0.0657 e. The molecule has 58 valence electrons. The minimum atomic E-state index is -0.288. The molecule has 1 nitrogen and oxygen atoms in total. The van der Waals surface area contributed by atoms with E-state index >= 15 is 0 Å². The number of hydrogen-bond donors (Lipinski definition) is 1. The van der Waals surface area contributed by atoms with Gasteiger partial charge in [0, 0.05) is 6.42 Å². The first-order valence-corrected chi connectivity index (χ1v) is 4.66. The second kappa shape index (κ2) is 6.98. The predicted octanol–water partition coefficient (Wildman–Crippen LogP) is 1.51.